The number of nitrogens with one attached hydrogen (secondary N) is 2. The molecule has 0 spiro atoms. The van der Waals surface area contributed by atoms with Crippen molar-refractivity contribution in [2.75, 3.05) is 14.1 Å². The Balaban J connectivity index is 0. The van der Waals surface area contributed by atoms with Gasteiger partial charge in [-0.3, -0.25) is 0 Å². The smallest absolute Gasteiger partial charge is 0.165 e. The van der Waals surface area contributed by atoms with Crippen LogP contribution in [0.3, 0.4) is 0 Å². The van der Waals surface area contributed by atoms with Crippen LogP contribution < -0.4 is 10.6 Å². The van der Waals surface area contributed by atoms with Crippen LogP contribution in [0.25, 0.3) is 0 Å². The summed E-state index contributed by atoms with van der Waals surface area (Å²) in [4.78, 5) is 0. The quantitative estimate of drug-likeness (QED) is 0.457. The van der Waals surface area contributed by atoms with Crippen molar-refractivity contribution in [1.29, 1.82) is 0 Å². The van der Waals surface area contributed by atoms with E-state index in [0.29, 0.717) is 5.11 Å². The molecule has 0 heterocycles. The Hall–Kier alpha value is 0.950. The fraction of sp³-hybridized carbons (Fsp3) is 0.667. The normalized spacial score (nSPS) is 6.00. The predicted octanol–water partition coefficient (Wildman–Crippen LogP) is -0.290. The Bertz CT molecular complexity index is 50.9. The molecule has 0 amide bonds. The van der Waals surface area contributed by atoms with Crippen molar-refractivity contribution in [3.63, 3.8) is 0 Å². The van der Waals surface area contributed by atoms with Crippen LogP contribution in [0.15, 0.2) is 0 Å². The van der Waals surface area contributed by atoms with Crippen molar-refractivity contribution < 1.29 is 37.7 Å². The molecule has 0 aromatic rings. The molecule has 0 aromatic heterocycles. The van der Waals surface area contributed by atoms with Gasteiger partial charge in [0, 0.05) is 51.8 Å². The molecule has 0 unspecified atom stereocenters. The van der Waals surface area contributed by atoms with Gasteiger partial charge in [-0.25, -0.2) is 0 Å². The average Bonchev–Trinajstić information content (AvgIpc) is 1.65. The van der Waals surface area contributed by atoms with Gasteiger partial charge >= 0.3 is 0 Å². The third-order valence-electron chi connectivity index (χ3n) is 0.454. The van der Waals surface area contributed by atoms with E-state index in [2.05, 4.69) is 22.9 Å². The molecular formula is C3H8ArN2S. The standard InChI is InChI=1S/C3H8N2S.Ar/c1-4-3(6)5-2;/h1-2H3,(H2,4,5,6);. The minimum absolute atomic E-state index is 0. The number of hydrogen-bond acceptors (Lipinski definition) is 1. The summed E-state index contributed by atoms with van der Waals surface area (Å²) in [5.74, 6) is 0. The molecule has 4 heteroatoms. The summed E-state index contributed by atoms with van der Waals surface area (Å²) in [5, 5.41) is 6.15. The molecule has 0 atom stereocenters. The Morgan fingerprint density at radius 3 is 1.57 bits per heavy atom. The van der Waals surface area contributed by atoms with Crippen LogP contribution >= 0.6 is 12.2 Å². The van der Waals surface area contributed by atoms with Crippen LogP contribution in [0.4, 0.5) is 0 Å². The molecule has 0 aromatic carbocycles. The van der Waals surface area contributed by atoms with Gasteiger partial charge in [0.1, 0.15) is 0 Å². The van der Waals surface area contributed by atoms with Gasteiger partial charge in [-0.1, -0.05) is 0 Å². The van der Waals surface area contributed by atoms with E-state index in [0.717, 1.165) is 0 Å². The number of hydrogen-bond donors (Lipinski definition) is 2. The van der Waals surface area contributed by atoms with Gasteiger partial charge < -0.3 is 10.6 Å². The minimum Gasteiger partial charge on any atom is -0.366 e. The number of thiocarbonyl (C=S) groups is 1. The molecular weight excluding hydrogens is 136 g/mol. The van der Waals surface area contributed by atoms with Gasteiger partial charge in [0.15, 0.2) is 5.11 Å². The first kappa shape index (κ1) is 10.8. The van der Waals surface area contributed by atoms with Gasteiger partial charge in [0.25, 0.3) is 0 Å². The average molecular weight is 144 g/mol. The van der Waals surface area contributed by atoms with E-state index in [1.165, 1.54) is 0 Å². The Morgan fingerprint density at radius 1 is 1.29 bits per heavy atom. The summed E-state index contributed by atoms with van der Waals surface area (Å²) in [6.07, 6.45) is 0. The fourth-order valence-corrected chi connectivity index (χ4v) is 0.125. The fourth-order valence-electron chi connectivity index (χ4n) is 0.125. The summed E-state index contributed by atoms with van der Waals surface area (Å²) < 4.78 is 0. The Kier molecular flexibility index (Phi) is 10.8. The Morgan fingerprint density at radius 2 is 1.57 bits per heavy atom. The molecule has 0 rings (SSSR count). The van der Waals surface area contributed by atoms with Gasteiger partial charge in [-0.2, -0.15) is 0 Å². The molecule has 7 heavy (non-hydrogen) atoms. The molecule has 44 valence electrons. The zero-order valence-electron chi connectivity index (χ0n) is 4.26. The number of rotatable bonds is 0. The van der Waals surface area contributed by atoms with Gasteiger partial charge in [0.05, 0.1) is 0 Å². The monoisotopic (exact) mass is 144 g/mol. The second-order valence-corrected chi connectivity index (χ2v) is 1.24. The molecule has 0 aliphatic carbocycles. The van der Waals surface area contributed by atoms with Gasteiger partial charge in [-0.15, -0.1) is 0 Å². The van der Waals surface area contributed by atoms with Crippen LogP contribution in [0.2, 0.25) is 0 Å². The van der Waals surface area contributed by atoms with Gasteiger partial charge in [-0.05, 0) is 12.2 Å². The van der Waals surface area contributed by atoms with E-state index in [1.807, 2.05) is 0 Å². The molecule has 2 nitrogen and oxygen atoms in total. The van der Waals surface area contributed by atoms with E-state index in [4.69, 9.17) is 0 Å². The van der Waals surface area contributed by atoms with E-state index in [1.54, 1.807) is 14.1 Å². The second kappa shape index (κ2) is 6.95. The summed E-state index contributed by atoms with van der Waals surface area (Å²) in [6.45, 7) is 0. The topological polar surface area (TPSA) is 24.1 Å². The van der Waals surface area contributed by atoms with E-state index < -0.39 is 0 Å². The van der Waals surface area contributed by atoms with Crippen LogP contribution in [0, 0.1) is 37.7 Å². The van der Waals surface area contributed by atoms with Crippen molar-refractivity contribution in [3.05, 3.63) is 0 Å². The zero-order valence-corrected chi connectivity index (χ0v) is 5.79. The first-order valence-electron chi connectivity index (χ1n) is 1.70. The summed E-state index contributed by atoms with van der Waals surface area (Å²) in [7, 11) is 3.55. The maximum absolute atomic E-state index is 4.63. The van der Waals surface area contributed by atoms with Crippen LogP contribution in [0.5, 0.6) is 0 Å². The summed E-state index contributed by atoms with van der Waals surface area (Å²) in [6, 6.07) is 0. The zero-order chi connectivity index (χ0) is 4.99. The van der Waals surface area contributed by atoms with Crippen molar-refractivity contribution in [3.8, 4) is 0 Å². The van der Waals surface area contributed by atoms with Crippen molar-refractivity contribution in [2.24, 2.45) is 0 Å². The first-order chi connectivity index (χ1) is 2.81. The van der Waals surface area contributed by atoms with E-state index >= 15 is 0 Å². The third-order valence-corrected chi connectivity index (χ3v) is 0.862. The maximum atomic E-state index is 4.63. The van der Waals surface area contributed by atoms with Crippen molar-refractivity contribution in [2.45, 2.75) is 0 Å². The molecule has 0 aliphatic rings. The first-order valence-corrected chi connectivity index (χ1v) is 2.11. The van der Waals surface area contributed by atoms with Crippen LogP contribution in [-0.2, 0) is 0 Å². The summed E-state index contributed by atoms with van der Waals surface area (Å²) in [5.41, 5.74) is 0. The largest absolute Gasteiger partial charge is 0.366 e. The van der Waals surface area contributed by atoms with Gasteiger partial charge in [0.2, 0.25) is 0 Å². The molecule has 0 saturated heterocycles. The third kappa shape index (κ3) is 6.95. The van der Waals surface area contributed by atoms with E-state index in [9.17, 15) is 0 Å². The maximum Gasteiger partial charge on any atom is 0.165 e. The molecule has 0 bridgehead atoms. The van der Waals surface area contributed by atoms with Crippen molar-refractivity contribution >= 4 is 17.3 Å². The minimum atomic E-state index is 0. The van der Waals surface area contributed by atoms with Crippen LogP contribution in [-0.4, -0.2) is 19.2 Å². The summed E-state index contributed by atoms with van der Waals surface area (Å²) >= 11 is 4.63. The molecule has 0 aliphatic heterocycles. The van der Waals surface area contributed by atoms with Crippen LogP contribution in [0.1, 0.15) is 0 Å². The molecule has 0 fully saturated rings. The predicted molar refractivity (Wildman–Crippen MR) is 30.7 cm³/mol. The SMILES string of the molecule is CNC(=S)NC.[Ar]. The molecule has 2 N–H and O–H groups in total. The Labute approximate surface area is 79.0 Å². The molecule has 0 radical (unpaired) electrons. The van der Waals surface area contributed by atoms with E-state index in [-0.39, 0.29) is 37.7 Å². The van der Waals surface area contributed by atoms with Crippen molar-refractivity contribution in [1.82, 2.24) is 10.6 Å². The molecule has 0 saturated carbocycles. The second-order valence-electron chi connectivity index (χ2n) is 0.829.